The number of nitro benzene ring substituents is 1. The second-order valence-electron chi connectivity index (χ2n) is 6.11. The minimum Gasteiger partial charge on any atom is -0.865 e. The van der Waals surface area contributed by atoms with Crippen molar-refractivity contribution in [2.45, 2.75) is 38.0 Å². The van der Waals surface area contributed by atoms with Crippen LogP contribution in [0, 0.1) is 14.9 Å². The summed E-state index contributed by atoms with van der Waals surface area (Å²) in [5.74, 6) is 0.163. The van der Waals surface area contributed by atoms with Gasteiger partial charge < -0.3 is 9.84 Å². The van der Waals surface area contributed by atoms with Crippen LogP contribution < -0.4 is 9.84 Å². The van der Waals surface area contributed by atoms with Crippen molar-refractivity contribution in [2.75, 3.05) is 7.11 Å². The van der Waals surface area contributed by atoms with Gasteiger partial charge in [-0.3, -0.25) is 15.2 Å². The summed E-state index contributed by atoms with van der Waals surface area (Å²) in [6, 6.07) is 2.57. The average Bonchev–Trinajstić information content (AvgIpc) is 3.02. The summed E-state index contributed by atoms with van der Waals surface area (Å²) < 4.78 is 6.82. The van der Waals surface area contributed by atoms with Crippen LogP contribution in [0.15, 0.2) is 17.2 Å². The summed E-state index contributed by atoms with van der Waals surface area (Å²) in [6.45, 7) is 0. The van der Waals surface area contributed by atoms with Crippen LogP contribution in [0.4, 0.5) is 5.69 Å². The SMILES string of the molecule is COc1cc(/C=N\n2c(C3CCCCC3)n[nH]c2=S)cc([N+](=O)[O-])c1[O-]. The van der Waals surface area contributed by atoms with E-state index in [1.165, 1.54) is 36.6 Å². The number of benzene rings is 1. The molecule has 0 atom stereocenters. The fourth-order valence-electron chi connectivity index (χ4n) is 3.13. The molecule has 1 heterocycles. The van der Waals surface area contributed by atoms with Crippen molar-refractivity contribution in [3.05, 3.63) is 38.4 Å². The van der Waals surface area contributed by atoms with Gasteiger partial charge in [0.2, 0.25) is 4.77 Å². The number of aromatic amines is 1. The maximum Gasteiger partial charge on any atom is 0.266 e. The van der Waals surface area contributed by atoms with E-state index in [-0.39, 0.29) is 11.7 Å². The van der Waals surface area contributed by atoms with E-state index in [1.807, 2.05) is 0 Å². The molecule has 1 aromatic carbocycles. The molecule has 0 spiro atoms. The highest BCUT2D eigenvalue weighted by Crippen LogP contribution is 2.34. The number of hydrogen-bond donors (Lipinski definition) is 1. The zero-order chi connectivity index (χ0) is 18.7. The number of nitro groups is 1. The molecule has 0 saturated heterocycles. The smallest absolute Gasteiger partial charge is 0.266 e. The topological polar surface area (TPSA) is 121 Å². The Labute approximate surface area is 154 Å². The van der Waals surface area contributed by atoms with Crippen LogP contribution in [0.25, 0.3) is 0 Å². The van der Waals surface area contributed by atoms with Crippen molar-refractivity contribution in [1.82, 2.24) is 14.9 Å². The van der Waals surface area contributed by atoms with E-state index in [2.05, 4.69) is 15.3 Å². The van der Waals surface area contributed by atoms with E-state index in [9.17, 15) is 15.2 Å². The number of ether oxygens (including phenoxy) is 1. The van der Waals surface area contributed by atoms with Gasteiger partial charge in [-0.25, -0.2) is 0 Å². The standard InChI is InChI=1S/C16H19N5O4S/c1-25-13-8-10(7-12(14(13)22)21(23)24)9-17-20-15(18-19-16(20)26)11-5-3-2-4-6-11/h7-9,11,22H,2-6H2,1H3,(H,19,26)/p-1/b17-9-. The Morgan fingerprint density at radius 2 is 2.15 bits per heavy atom. The summed E-state index contributed by atoms with van der Waals surface area (Å²) in [6.07, 6.45) is 6.96. The summed E-state index contributed by atoms with van der Waals surface area (Å²) in [4.78, 5) is 10.3. The zero-order valence-electron chi connectivity index (χ0n) is 14.2. The van der Waals surface area contributed by atoms with Crippen LogP contribution in [0.5, 0.6) is 11.5 Å². The van der Waals surface area contributed by atoms with Crippen molar-refractivity contribution in [3.63, 3.8) is 0 Å². The van der Waals surface area contributed by atoms with Gasteiger partial charge in [-0.1, -0.05) is 19.3 Å². The van der Waals surface area contributed by atoms with Gasteiger partial charge in [0.15, 0.2) is 5.82 Å². The number of nitrogens with zero attached hydrogens (tertiary/aromatic N) is 4. The van der Waals surface area contributed by atoms with E-state index in [0.717, 1.165) is 31.5 Å². The zero-order valence-corrected chi connectivity index (χ0v) is 15.0. The highest BCUT2D eigenvalue weighted by Gasteiger charge is 2.21. The Kier molecular flexibility index (Phi) is 5.31. The fourth-order valence-corrected chi connectivity index (χ4v) is 3.32. The Hall–Kier alpha value is -2.75. The van der Waals surface area contributed by atoms with Crippen LogP contribution >= 0.6 is 12.2 Å². The molecule has 26 heavy (non-hydrogen) atoms. The van der Waals surface area contributed by atoms with E-state index >= 15 is 0 Å². The first kappa shape index (κ1) is 18.1. The van der Waals surface area contributed by atoms with Gasteiger partial charge in [0, 0.05) is 23.3 Å². The maximum absolute atomic E-state index is 11.9. The van der Waals surface area contributed by atoms with Gasteiger partial charge in [-0.05, 0) is 31.1 Å². The second kappa shape index (κ2) is 7.65. The minimum absolute atomic E-state index is 0.107. The average molecular weight is 376 g/mol. The monoisotopic (exact) mass is 376 g/mol. The lowest BCUT2D eigenvalue weighted by molar-refractivity contribution is -0.398. The molecule has 0 bridgehead atoms. The lowest BCUT2D eigenvalue weighted by Crippen LogP contribution is -2.10. The van der Waals surface area contributed by atoms with Crippen LogP contribution in [-0.2, 0) is 0 Å². The molecular weight excluding hydrogens is 358 g/mol. The van der Waals surface area contributed by atoms with E-state index < -0.39 is 16.4 Å². The molecule has 0 aliphatic heterocycles. The summed E-state index contributed by atoms with van der Waals surface area (Å²) in [5, 5.41) is 34.3. The summed E-state index contributed by atoms with van der Waals surface area (Å²) >= 11 is 5.24. The number of H-pyrrole nitrogens is 1. The van der Waals surface area contributed by atoms with Gasteiger partial charge in [-0.15, -0.1) is 0 Å². The third-order valence-electron chi connectivity index (χ3n) is 4.44. The van der Waals surface area contributed by atoms with Gasteiger partial charge in [-0.2, -0.15) is 14.9 Å². The van der Waals surface area contributed by atoms with E-state index in [0.29, 0.717) is 10.3 Å². The molecule has 138 valence electrons. The lowest BCUT2D eigenvalue weighted by Gasteiger charge is -2.19. The molecule has 0 amide bonds. The molecule has 1 fully saturated rings. The first-order valence-electron chi connectivity index (χ1n) is 8.26. The first-order chi connectivity index (χ1) is 12.5. The van der Waals surface area contributed by atoms with Crippen molar-refractivity contribution < 1.29 is 14.8 Å². The Balaban J connectivity index is 1.96. The maximum atomic E-state index is 11.9. The number of aromatic nitrogens is 3. The molecule has 3 rings (SSSR count). The van der Waals surface area contributed by atoms with Crippen molar-refractivity contribution in [3.8, 4) is 11.5 Å². The van der Waals surface area contributed by atoms with Crippen molar-refractivity contribution in [1.29, 1.82) is 0 Å². The molecule has 0 radical (unpaired) electrons. The molecule has 10 heteroatoms. The molecule has 0 unspecified atom stereocenters. The van der Waals surface area contributed by atoms with Crippen LogP contribution in [0.1, 0.15) is 49.4 Å². The van der Waals surface area contributed by atoms with E-state index in [1.54, 1.807) is 0 Å². The number of rotatable bonds is 5. The van der Waals surface area contributed by atoms with Gasteiger partial charge >= 0.3 is 0 Å². The van der Waals surface area contributed by atoms with Crippen molar-refractivity contribution >= 4 is 24.1 Å². The molecule has 1 saturated carbocycles. The largest absolute Gasteiger partial charge is 0.865 e. The number of nitrogens with one attached hydrogen (secondary N) is 1. The highest BCUT2D eigenvalue weighted by atomic mass is 32.1. The molecule has 2 aromatic rings. The van der Waals surface area contributed by atoms with Crippen LogP contribution in [0.3, 0.4) is 0 Å². The lowest BCUT2D eigenvalue weighted by atomic mass is 9.89. The number of methoxy groups -OCH3 is 1. The fraction of sp³-hybridized carbons (Fsp3) is 0.438. The Morgan fingerprint density at radius 3 is 2.81 bits per heavy atom. The van der Waals surface area contributed by atoms with E-state index in [4.69, 9.17) is 17.0 Å². The molecule has 1 aromatic heterocycles. The summed E-state index contributed by atoms with van der Waals surface area (Å²) in [7, 11) is 1.29. The predicted octanol–water partition coefficient (Wildman–Crippen LogP) is 2.86. The van der Waals surface area contributed by atoms with Crippen LogP contribution in [-0.4, -0.2) is 33.1 Å². The van der Waals surface area contributed by atoms with Crippen LogP contribution in [0.2, 0.25) is 0 Å². The first-order valence-corrected chi connectivity index (χ1v) is 8.67. The Morgan fingerprint density at radius 1 is 1.42 bits per heavy atom. The summed E-state index contributed by atoms with van der Waals surface area (Å²) in [5.41, 5.74) is -0.195. The van der Waals surface area contributed by atoms with Gasteiger partial charge in [0.1, 0.15) is 5.75 Å². The normalized spacial score (nSPS) is 15.4. The van der Waals surface area contributed by atoms with Gasteiger partial charge in [0.05, 0.1) is 18.2 Å². The third kappa shape index (κ3) is 3.59. The molecular formula is C16H18N5O4S-. The third-order valence-corrected chi connectivity index (χ3v) is 4.71. The molecule has 1 N–H and O–H groups in total. The second-order valence-corrected chi connectivity index (χ2v) is 6.49. The van der Waals surface area contributed by atoms with Gasteiger partial charge in [0.25, 0.3) is 5.69 Å². The minimum atomic E-state index is -0.766. The van der Waals surface area contributed by atoms with Crippen molar-refractivity contribution in [2.24, 2.45) is 5.10 Å². The molecule has 9 nitrogen and oxygen atoms in total. The molecule has 1 aliphatic carbocycles. The quantitative estimate of drug-likeness (QED) is 0.371. The number of hydrogen-bond acceptors (Lipinski definition) is 7. The Bertz CT molecular complexity index is 899. The predicted molar refractivity (Wildman–Crippen MR) is 95.3 cm³/mol. The molecule has 1 aliphatic rings. The highest BCUT2D eigenvalue weighted by molar-refractivity contribution is 7.71.